The van der Waals surface area contributed by atoms with Crippen molar-refractivity contribution >= 4 is 23.4 Å². The second-order valence-corrected chi connectivity index (χ2v) is 10.2. The predicted octanol–water partition coefficient (Wildman–Crippen LogP) is 3.89. The molecule has 4 rings (SSSR count). The van der Waals surface area contributed by atoms with Crippen LogP contribution in [0.15, 0.2) is 18.2 Å². The van der Waals surface area contributed by atoms with Crippen LogP contribution in [0, 0.1) is 5.92 Å². The van der Waals surface area contributed by atoms with Crippen molar-refractivity contribution in [2.45, 2.75) is 89.4 Å². The SMILES string of the molecule is CCCC(=O)Nc1ccc2c(c1)C(=O)N(C)[C@@H]1CC[C@H](CC(=O)NCC3CCCCC3)O[C@@H]1CO2. The van der Waals surface area contributed by atoms with Gasteiger partial charge in [0.05, 0.1) is 24.1 Å². The lowest BCUT2D eigenvalue weighted by atomic mass is 9.89. The van der Waals surface area contributed by atoms with E-state index in [2.05, 4.69) is 10.6 Å². The van der Waals surface area contributed by atoms with E-state index in [0.717, 1.165) is 25.8 Å². The van der Waals surface area contributed by atoms with E-state index in [1.807, 2.05) is 6.92 Å². The molecule has 2 heterocycles. The van der Waals surface area contributed by atoms with E-state index in [1.54, 1.807) is 30.1 Å². The summed E-state index contributed by atoms with van der Waals surface area (Å²) >= 11 is 0. The van der Waals surface area contributed by atoms with Gasteiger partial charge in [0.15, 0.2) is 0 Å². The van der Waals surface area contributed by atoms with Gasteiger partial charge in [0, 0.05) is 25.7 Å². The third-order valence-corrected chi connectivity index (χ3v) is 7.50. The molecule has 1 aromatic carbocycles. The molecule has 2 fully saturated rings. The average molecular weight is 486 g/mol. The minimum Gasteiger partial charge on any atom is -0.490 e. The van der Waals surface area contributed by atoms with Gasteiger partial charge in [0.1, 0.15) is 18.5 Å². The summed E-state index contributed by atoms with van der Waals surface area (Å²) in [7, 11) is 1.79. The minimum absolute atomic E-state index is 0.0400. The van der Waals surface area contributed by atoms with E-state index in [9.17, 15) is 14.4 Å². The molecular formula is C27H39N3O5. The fraction of sp³-hybridized carbons (Fsp3) is 0.667. The number of nitrogens with zero attached hydrogens (tertiary/aromatic N) is 1. The van der Waals surface area contributed by atoms with Gasteiger partial charge in [-0.15, -0.1) is 0 Å². The maximum absolute atomic E-state index is 13.3. The van der Waals surface area contributed by atoms with Crippen LogP contribution in [-0.4, -0.2) is 61.1 Å². The molecule has 1 saturated heterocycles. The summed E-state index contributed by atoms with van der Waals surface area (Å²) in [5.41, 5.74) is 1.02. The Morgan fingerprint density at radius 3 is 2.66 bits per heavy atom. The zero-order valence-electron chi connectivity index (χ0n) is 21.0. The summed E-state index contributed by atoms with van der Waals surface area (Å²) in [6.07, 6.45) is 8.76. The van der Waals surface area contributed by atoms with Gasteiger partial charge < -0.3 is 25.0 Å². The number of hydrogen-bond acceptors (Lipinski definition) is 5. The van der Waals surface area contributed by atoms with Crippen LogP contribution in [0.4, 0.5) is 5.69 Å². The Hall–Kier alpha value is -2.61. The van der Waals surface area contributed by atoms with E-state index >= 15 is 0 Å². The van der Waals surface area contributed by atoms with Crippen LogP contribution in [0.5, 0.6) is 5.75 Å². The molecule has 192 valence electrons. The molecule has 2 N–H and O–H groups in total. The van der Waals surface area contributed by atoms with Crippen LogP contribution < -0.4 is 15.4 Å². The molecule has 3 atom stereocenters. The Morgan fingerprint density at radius 1 is 1.09 bits per heavy atom. The molecule has 1 saturated carbocycles. The smallest absolute Gasteiger partial charge is 0.257 e. The molecule has 2 aliphatic heterocycles. The van der Waals surface area contributed by atoms with Crippen LogP contribution in [0.3, 0.4) is 0 Å². The lowest BCUT2D eigenvalue weighted by Crippen LogP contribution is -2.54. The Morgan fingerprint density at radius 2 is 1.89 bits per heavy atom. The lowest BCUT2D eigenvalue weighted by molar-refractivity contribution is -0.134. The first kappa shape index (κ1) is 25.5. The van der Waals surface area contributed by atoms with Crippen molar-refractivity contribution in [3.63, 3.8) is 0 Å². The van der Waals surface area contributed by atoms with Crippen molar-refractivity contribution in [1.29, 1.82) is 0 Å². The van der Waals surface area contributed by atoms with Crippen LogP contribution in [0.25, 0.3) is 0 Å². The number of amides is 3. The van der Waals surface area contributed by atoms with Crippen LogP contribution in [0.1, 0.15) is 81.5 Å². The number of likely N-dealkylation sites (N-methyl/N-ethyl adjacent to an activating group) is 1. The molecule has 3 aliphatic rings. The summed E-state index contributed by atoms with van der Waals surface area (Å²) in [5.74, 6) is 0.884. The number of carbonyl (C=O) groups excluding carboxylic acids is 3. The number of benzene rings is 1. The van der Waals surface area contributed by atoms with Crippen LogP contribution in [0.2, 0.25) is 0 Å². The van der Waals surface area contributed by atoms with Crippen molar-refractivity contribution in [2.75, 3.05) is 25.5 Å². The summed E-state index contributed by atoms with van der Waals surface area (Å²) in [4.78, 5) is 39.6. The molecule has 0 radical (unpaired) electrons. The largest absolute Gasteiger partial charge is 0.490 e. The lowest BCUT2D eigenvalue weighted by Gasteiger charge is -2.42. The molecule has 35 heavy (non-hydrogen) atoms. The van der Waals surface area contributed by atoms with Crippen molar-refractivity contribution in [1.82, 2.24) is 10.2 Å². The maximum atomic E-state index is 13.3. The topological polar surface area (TPSA) is 97.0 Å². The summed E-state index contributed by atoms with van der Waals surface area (Å²) in [6.45, 7) is 3.01. The Kier molecular flexibility index (Phi) is 8.65. The molecule has 0 bridgehead atoms. The Balaban J connectivity index is 1.35. The first-order chi connectivity index (χ1) is 16.9. The molecule has 0 aromatic heterocycles. The standard InChI is InChI=1S/C27H39N3O5/c1-3-7-25(31)29-19-10-13-23-21(14-19)27(33)30(2)22-12-11-20(35-24(22)17-34-23)15-26(32)28-16-18-8-5-4-6-9-18/h10,13-14,18,20,22,24H,3-9,11-12,15-17H2,1-2H3,(H,28,32)(H,29,31)/t20-,22-,24-/m1/s1. The van der Waals surface area contributed by atoms with E-state index in [-0.39, 0.29) is 36.0 Å². The highest BCUT2D eigenvalue weighted by molar-refractivity contribution is 5.99. The highest BCUT2D eigenvalue weighted by Crippen LogP contribution is 2.32. The Labute approximate surface area is 208 Å². The van der Waals surface area contributed by atoms with Crippen molar-refractivity contribution < 1.29 is 23.9 Å². The summed E-state index contributed by atoms with van der Waals surface area (Å²) in [5, 5.41) is 5.95. The average Bonchev–Trinajstić information content (AvgIpc) is 2.86. The molecule has 0 unspecified atom stereocenters. The second kappa shape index (κ2) is 11.9. The first-order valence-corrected chi connectivity index (χ1v) is 13.2. The normalized spacial score (nSPS) is 24.9. The summed E-state index contributed by atoms with van der Waals surface area (Å²) in [6, 6.07) is 5.03. The molecule has 8 heteroatoms. The van der Waals surface area contributed by atoms with E-state index in [0.29, 0.717) is 42.4 Å². The monoisotopic (exact) mass is 485 g/mol. The van der Waals surface area contributed by atoms with Gasteiger partial charge >= 0.3 is 0 Å². The molecule has 3 amide bonds. The van der Waals surface area contributed by atoms with Crippen molar-refractivity contribution in [3.05, 3.63) is 23.8 Å². The number of rotatable bonds is 7. The van der Waals surface area contributed by atoms with Gasteiger partial charge in [0.25, 0.3) is 5.91 Å². The molecule has 0 spiro atoms. The maximum Gasteiger partial charge on any atom is 0.257 e. The molecule has 1 aliphatic carbocycles. The predicted molar refractivity (Wildman–Crippen MR) is 133 cm³/mol. The zero-order chi connectivity index (χ0) is 24.8. The number of carbonyl (C=O) groups is 3. The Bertz CT molecular complexity index is 914. The molecule has 1 aromatic rings. The fourth-order valence-corrected chi connectivity index (χ4v) is 5.48. The van der Waals surface area contributed by atoms with E-state index < -0.39 is 0 Å². The second-order valence-electron chi connectivity index (χ2n) is 10.2. The highest BCUT2D eigenvalue weighted by Gasteiger charge is 2.39. The van der Waals surface area contributed by atoms with Crippen molar-refractivity contribution in [2.24, 2.45) is 5.92 Å². The number of hydrogen-bond donors (Lipinski definition) is 2. The van der Waals surface area contributed by atoms with Gasteiger partial charge in [-0.3, -0.25) is 14.4 Å². The van der Waals surface area contributed by atoms with E-state index in [1.165, 1.54) is 32.1 Å². The van der Waals surface area contributed by atoms with Gasteiger partial charge in [-0.1, -0.05) is 26.2 Å². The minimum atomic E-state index is -0.300. The quantitative estimate of drug-likeness (QED) is 0.611. The van der Waals surface area contributed by atoms with Gasteiger partial charge in [-0.05, 0) is 56.2 Å². The molecular weight excluding hydrogens is 446 g/mol. The zero-order valence-corrected chi connectivity index (χ0v) is 21.0. The third-order valence-electron chi connectivity index (χ3n) is 7.50. The van der Waals surface area contributed by atoms with E-state index in [4.69, 9.17) is 9.47 Å². The fourth-order valence-electron chi connectivity index (χ4n) is 5.48. The number of ether oxygens (including phenoxy) is 2. The number of nitrogens with one attached hydrogen (secondary N) is 2. The summed E-state index contributed by atoms with van der Waals surface area (Å²) < 4.78 is 12.3. The van der Waals surface area contributed by atoms with Gasteiger partial charge in [-0.25, -0.2) is 0 Å². The van der Waals surface area contributed by atoms with Gasteiger partial charge in [-0.2, -0.15) is 0 Å². The van der Waals surface area contributed by atoms with Crippen molar-refractivity contribution in [3.8, 4) is 5.75 Å². The molecule has 8 nitrogen and oxygen atoms in total. The first-order valence-electron chi connectivity index (χ1n) is 13.2. The number of fused-ring (bicyclic) bond motifs is 2. The third kappa shape index (κ3) is 6.54. The van der Waals surface area contributed by atoms with Gasteiger partial charge in [0.2, 0.25) is 11.8 Å². The highest BCUT2D eigenvalue weighted by atomic mass is 16.5. The van der Waals surface area contributed by atoms with Crippen LogP contribution in [-0.2, 0) is 14.3 Å². The number of anilines is 1. The van der Waals surface area contributed by atoms with Crippen LogP contribution >= 0.6 is 0 Å².